The van der Waals surface area contributed by atoms with Gasteiger partial charge in [-0.1, -0.05) is 177 Å². The number of benzene rings is 7. The summed E-state index contributed by atoms with van der Waals surface area (Å²) in [4.78, 5) is 26.2. The summed E-state index contributed by atoms with van der Waals surface area (Å²) in [5.74, 6) is 2.03. The molecule has 338 valence electrons. The minimum Gasteiger partial charge on any atom is -0.426 e. The van der Waals surface area contributed by atoms with Gasteiger partial charge in [-0.05, 0) is 80.6 Å². The van der Waals surface area contributed by atoms with Gasteiger partial charge in [-0.15, -0.1) is 0 Å². The van der Waals surface area contributed by atoms with Crippen molar-refractivity contribution in [3.05, 3.63) is 213 Å². The van der Waals surface area contributed by atoms with Gasteiger partial charge in [0, 0.05) is 38.8 Å². The largest absolute Gasteiger partial charge is 0.530 e. The first-order valence-corrected chi connectivity index (χ1v) is 24.7. The lowest BCUT2D eigenvalue weighted by atomic mass is 9.62. The molecule has 2 bridgehead atoms. The van der Waals surface area contributed by atoms with Gasteiger partial charge in [0.1, 0.15) is 24.1 Å². The van der Waals surface area contributed by atoms with Crippen LogP contribution < -0.4 is 18.1 Å². The second-order valence-corrected chi connectivity index (χ2v) is 21.9. The molecule has 7 aromatic rings. The zero-order valence-corrected chi connectivity index (χ0v) is 40.6. The molecule has 67 heavy (non-hydrogen) atoms. The molecule has 1 saturated heterocycles. The van der Waals surface area contributed by atoms with Crippen LogP contribution in [0, 0.1) is 0 Å². The Morgan fingerprint density at radius 3 is 1.61 bits per heavy atom. The van der Waals surface area contributed by atoms with Crippen molar-refractivity contribution >= 4 is 29.8 Å². The molecule has 0 spiro atoms. The van der Waals surface area contributed by atoms with E-state index in [1.165, 1.54) is 0 Å². The predicted octanol–water partition coefficient (Wildman–Crippen LogP) is 14.8. The zero-order valence-electron chi connectivity index (χ0n) is 38.8. The van der Waals surface area contributed by atoms with Crippen LogP contribution in [0.25, 0.3) is 11.1 Å². The SMILES string of the molecule is CC(C)(C)c1ccc2c(c1)OP(Oc1c(-c3cc(C=O)cc4c3OP3OC(c5ccccc5)(c5ccccc5)C(c5ccccc5)(O3)c3ccccc3C4(C)C)cc(C=O)cc1C(C)(C)C)O2. The summed E-state index contributed by atoms with van der Waals surface area (Å²) in [7, 11) is -4.31. The second-order valence-electron chi connectivity index (χ2n) is 19.9. The number of fused-ring (bicyclic) bond motifs is 6. The van der Waals surface area contributed by atoms with Gasteiger partial charge < -0.3 is 18.1 Å². The van der Waals surface area contributed by atoms with Gasteiger partial charge in [0.25, 0.3) is 0 Å². The van der Waals surface area contributed by atoms with Crippen molar-refractivity contribution < 1.29 is 36.7 Å². The first kappa shape index (κ1) is 44.7. The smallest absolute Gasteiger partial charge is 0.426 e. The lowest BCUT2D eigenvalue weighted by molar-refractivity contribution is 0.00259. The molecule has 3 heterocycles. The van der Waals surface area contributed by atoms with Gasteiger partial charge in [0.05, 0.1) is 0 Å². The molecule has 3 unspecified atom stereocenters. The standard InChI is InChI=1S/C57H52O8P2/c1-53(2,3)42-28-29-49-50(34-42)61-66(60-49)62-51-43(30-37(35-58)32-47(51)54(4,5)6)44-31-38(36-59)33-48-52(44)63-67-64-56(39-20-12-9-13-21-39,40-22-14-10-15-23-40)57(65-67,41-24-16-11-17-25-41)46-27-19-18-26-45(46)55(48,7)8/h9-36H,1-8H3. The maximum Gasteiger partial charge on any atom is 0.530 e. The van der Waals surface area contributed by atoms with Crippen molar-refractivity contribution in [2.45, 2.75) is 82.8 Å². The molecule has 0 aliphatic carbocycles. The lowest BCUT2D eigenvalue weighted by Crippen LogP contribution is -2.50. The average Bonchev–Trinajstić information content (AvgIpc) is 3.91. The van der Waals surface area contributed by atoms with Crippen molar-refractivity contribution in [3.63, 3.8) is 0 Å². The van der Waals surface area contributed by atoms with E-state index in [9.17, 15) is 9.59 Å². The highest BCUT2D eigenvalue weighted by molar-refractivity contribution is 7.43. The zero-order chi connectivity index (χ0) is 46.9. The number of hydrogen-bond acceptors (Lipinski definition) is 8. The number of carbonyl (C=O) groups excluding carboxylic acids is 2. The number of carbonyl (C=O) groups is 2. The summed E-state index contributed by atoms with van der Waals surface area (Å²) in [6.07, 6.45) is 1.67. The Morgan fingerprint density at radius 1 is 0.507 bits per heavy atom. The maximum absolute atomic E-state index is 13.2. The Hall–Kier alpha value is -6.14. The fourth-order valence-electron chi connectivity index (χ4n) is 9.78. The number of rotatable bonds is 8. The van der Waals surface area contributed by atoms with E-state index in [-0.39, 0.29) is 5.41 Å². The third-order valence-corrected chi connectivity index (χ3v) is 15.4. The summed E-state index contributed by atoms with van der Waals surface area (Å²) in [6.45, 7) is 16.9. The van der Waals surface area contributed by atoms with E-state index in [4.69, 9.17) is 27.1 Å². The van der Waals surface area contributed by atoms with E-state index in [1.807, 2.05) is 97.1 Å². The topological polar surface area (TPSA) is 89.5 Å². The normalized spacial score (nSPS) is 20.0. The van der Waals surface area contributed by atoms with Crippen LogP contribution in [-0.2, 0) is 36.5 Å². The third kappa shape index (κ3) is 7.37. The Kier molecular flexibility index (Phi) is 11.1. The predicted molar refractivity (Wildman–Crippen MR) is 264 cm³/mol. The van der Waals surface area contributed by atoms with E-state index in [0.717, 1.165) is 57.1 Å². The third-order valence-electron chi connectivity index (χ3n) is 13.2. The van der Waals surface area contributed by atoms with Crippen molar-refractivity contribution in [2.75, 3.05) is 0 Å². The molecule has 8 nitrogen and oxygen atoms in total. The lowest BCUT2D eigenvalue weighted by Gasteiger charge is -2.46. The molecular weight excluding hydrogens is 875 g/mol. The number of hydrogen-bond donors (Lipinski definition) is 0. The van der Waals surface area contributed by atoms with Crippen LogP contribution >= 0.6 is 17.2 Å². The Labute approximate surface area is 395 Å². The van der Waals surface area contributed by atoms with E-state index in [1.54, 1.807) is 12.1 Å². The molecule has 0 aromatic heterocycles. The molecule has 3 atom stereocenters. The van der Waals surface area contributed by atoms with Gasteiger partial charge in [-0.25, -0.2) is 0 Å². The minimum atomic E-state index is -2.29. The van der Waals surface area contributed by atoms with Crippen LogP contribution in [0.1, 0.15) is 121 Å². The molecule has 3 aliphatic heterocycles. The molecule has 1 fully saturated rings. The van der Waals surface area contributed by atoms with E-state index < -0.39 is 39.2 Å². The van der Waals surface area contributed by atoms with E-state index in [0.29, 0.717) is 45.3 Å². The summed E-state index contributed by atoms with van der Waals surface area (Å²) in [6, 6.07) is 52.2. The molecule has 7 aromatic carbocycles. The second kappa shape index (κ2) is 16.6. The van der Waals surface area contributed by atoms with Crippen molar-refractivity contribution in [1.82, 2.24) is 0 Å². The summed E-state index contributed by atoms with van der Waals surface area (Å²) in [5.41, 5.74) is 4.72. The quantitative estimate of drug-likeness (QED) is 0.110. The van der Waals surface area contributed by atoms with E-state index >= 15 is 0 Å². The van der Waals surface area contributed by atoms with Gasteiger partial charge in [-0.2, -0.15) is 0 Å². The van der Waals surface area contributed by atoms with Gasteiger partial charge in [-0.3, -0.25) is 18.6 Å². The Balaban J connectivity index is 1.25. The van der Waals surface area contributed by atoms with Crippen molar-refractivity contribution in [1.29, 1.82) is 0 Å². The molecular formula is C57H52O8P2. The minimum absolute atomic E-state index is 0.119. The van der Waals surface area contributed by atoms with E-state index in [2.05, 4.69) is 104 Å². The first-order chi connectivity index (χ1) is 32.1. The fraction of sp³-hybridized carbons (Fsp3) is 0.228. The molecule has 10 rings (SSSR count). The first-order valence-electron chi connectivity index (χ1n) is 22.5. The molecule has 10 heteroatoms. The maximum atomic E-state index is 13.2. The summed E-state index contributed by atoms with van der Waals surface area (Å²) >= 11 is 0. The highest BCUT2D eigenvalue weighted by Gasteiger charge is 2.68. The summed E-state index contributed by atoms with van der Waals surface area (Å²) in [5, 5.41) is 0. The van der Waals surface area contributed by atoms with Crippen molar-refractivity contribution in [3.8, 4) is 34.1 Å². The van der Waals surface area contributed by atoms with Gasteiger partial charge in [0.15, 0.2) is 22.7 Å². The molecule has 0 N–H and O–H groups in total. The monoisotopic (exact) mass is 926 g/mol. The highest BCUT2D eigenvalue weighted by Crippen LogP contribution is 2.72. The van der Waals surface area contributed by atoms with Crippen molar-refractivity contribution in [2.24, 2.45) is 0 Å². The van der Waals surface area contributed by atoms with Crippen LogP contribution in [0.4, 0.5) is 0 Å². The van der Waals surface area contributed by atoms with Gasteiger partial charge in [0.2, 0.25) is 0 Å². The highest BCUT2D eigenvalue weighted by atomic mass is 31.2. The molecule has 0 amide bonds. The fourth-order valence-corrected chi connectivity index (χ4v) is 12.4. The molecule has 0 saturated carbocycles. The summed E-state index contributed by atoms with van der Waals surface area (Å²) < 4.78 is 42.5. The van der Waals surface area contributed by atoms with Crippen LogP contribution in [0.5, 0.6) is 23.0 Å². The average molecular weight is 927 g/mol. The van der Waals surface area contributed by atoms with Crippen LogP contribution in [0.15, 0.2) is 158 Å². The Morgan fingerprint density at radius 2 is 1.03 bits per heavy atom. The van der Waals surface area contributed by atoms with Crippen LogP contribution in [0.3, 0.4) is 0 Å². The van der Waals surface area contributed by atoms with Crippen LogP contribution in [-0.4, -0.2) is 12.6 Å². The van der Waals surface area contributed by atoms with Crippen LogP contribution in [0.2, 0.25) is 0 Å². The Bertz CT molecular complexity index is 2990. The van der Waals surface area contributed by atoms with Gasteiger partial charge >= 0.3 is 17.2 Å². The molecule has 3 aliphatic rings. The number of aldehydes is 2. The molecule has 0 radical (unpaired) electrons.